The fourth-order valence-corrected chi connectivity index (χ4v) is 2.70. The average molecular weight is 405 g/mol. The molecule has 2 N–H and O–H groups in total. The molecule has 2 amide bonds. The van der Waals surface area contributed by atoms with Crippen LogP contribution in [0.2, 0.25) is 0 Å². The van der Waals surface area contributed by atoms with Gasteiger partial charge in [0.15, 0.2) is 6.10 Å². The molecule has 0 aliphatic carbocycles. The van der Waals surface area contributed by atoms with Crippen molar-refractivity contribution in [3.63, 3.8) is 0 Å². The van der Waals surface area contributed by atoms with E-state index in [0.717, 1.165) is 0 Å². The van der Waals surface area contributed by atoms with E-state index in [2.05, 4.69) is 0 Å². The molecule has 1 unspecified atom stereocenters. The number of amides is 2. The van der Waals surface area contributed by atoms with Crippen LogP contribution < -0.4 is 5.73 Å². The predicted molar refractivity (Wildman–Crippen MR) is 80.7 cm³/mol. The Labute approximate surface area is 133 Å². The van der Waals surface area contributed by atoms with E-state index in [-0.39, 0.29) is 24.7 Å². The molecule has 0 radical (unpaired) electrons. The van der Waals surface area contributed by atoms with Gasteiger partial charge in [0.25, 0.3) is 11.6 Å². The highest BCUT2D eigenvalue weighted by atomic mass is 127. The Kier molecular flexibility index (Phi) is 4.73. The molecular weight excluding hydrogens is 393 g/mol. The maximum atomic E-state index is 12.4. The maximum Gasteiger partial charge on any atom is 0.270 e. The van der Waals surface area contributed by atoms with Crippen molar-refractivity contribution < 1.29 is 19.2 Å². The molecule has 1 saturated heterocycles. The number of nitro benzene ring substituents is 1. The van der Waals surface area contributed by atoms with E-state index in [0.29, 0.717) is 15.7 Å². The number of carbonyl (C=O) groups is 2. The van der Waals surface area contributed by atoms with E-state index in [1.165, 1.54) is 23.1 Å². The number of halogens is 1. The van der Waals surface area contributed by atoms with Crippen LogP contribution in [0.5, 0.6) is 0 Å². The maximum absolute atomic E-state index is 12.4. The zero-order valence-electron chi connectivity index (χ0n) is 10.8. The first-order valence-electron chi connectivity index (χ1n) is 6.04. The van der Waals surface area contributed by atoms with Crippen molar-refractivity contribution in [3.05, 3.63) is 37.4 Å². The van der Waals surface area contributed by atoms with Gasteiger partial charge >= 0.3 is 0 Å². The van der Waals surface area contributed by atoms with Crippen LogP contribution in [0.25, 0.3) is 0 Å². The van der Waals surface area contributed by atoms with E-state index < -0.39 is 16.9 Å². The van der Waals surface area contributed by atoms with Crippen LogP contribution in [0, 0.1) is 13.7 Å². The molecule has 0 aromatic heterocycles. The summed E-state index contributed by atoms with van der Waals surface area (Å²) < 4.78 is 5.66. The lowest BCUT2D eigenvalue weighted by Gasteiger charge is -2.31. The Bertz CT molecular complexity index is 607. The lowest BCUT2D eigenvalue weighted by atomic mass is 10.1. The van der Waals surface area contributed by atoms with Gasteiger partial charge in [-0.15, -0.1) is 0 Å². The zero-order chi connectivity index (χ0) is 15.6. The van der Waals surface area contributed by atoms with Gasteiger partial charge in [-0.05, 0) is 28.7 Å². The number of nitro groups is 1. The summed E-state index contributed by atoms with van der Waals surface area (Å²) in [6, 6.07) is 4.03. The molecule has 1 aromatic carbocycles. The van der Waals surface area contributed by atoms with Crippen LogP contribution in [0.1, 0.15) is 10.4 Å². The smallest absolute Gasteiger partial charge is 0.270 e. The summed E-state index contributed by atoms with van der Waals surface area (Å²) in [4.78, 5) is 35.2. The molecule has 1 aromatic rings. The Balaban J connectivity index is 2.20. The van der Waals surface area contributed by atoms with Crippen molar-refractivity contribution in [1.82, 2.24) is 4.90 Å². The van der Waals surface area contributed by atoms with E-state index in [4.69, 9.17) is 10.5 Å². The minimum atomic E-state index is -0.821. The van der Waals surface area contributed by atoms with E-state index in [9.17, 15) is 19.7 Å². The fraction of sp³-hybridized carbons (Fsp3) is 0.333. The van der Waals surface area contributed by atoms with Gasteiger partial charge in [0.05, 0.1) is 23.6 Å². The van der Waals surface area contributed by atoms with E-state index >= 15 is 0 Å². The van der Waals surface area contributed by atoms with Crippen LogP contribution in [0.15, 0.2) is 18.2 Å². The van der Waals surface area contributed by atoms with Crippen LogP contribution in [0.3, 0.4) is 0 Å². The summed E-state index contributed by atoms with van der Waals surface area (Å²) in [5.74, 6) is -0.922. The second-order valence-corrected chi connectivity index (χ2v) is 5.60. The molecule has 0 saturated carbocycles. The summed E-state index contributed by atoms with van der Waals surface area (Å²) in [5.41, 5.74) is 5.45. The van der Waals surface area contributed by atoms with E-state index in [1.54, 1.807) is 0 Å². The van der Waals surface area contributed by atoms with Gasteiger partial charge in [0.1, 0.15) is 0 Å². The zero-order valence-corrected chi connectivity index (χ0v) is 13.0. The Hall–Kier alpha value is -1.75. The Morgan fingerprint density at radius 3 is 2.76 bits per heavy atom. The van der Waals surface area contributed by atoms with E-state index in [1.807, 2.05) is 22.6 Å². The summed E-state index contributed by atoms with van der Waals surface area (Å²) in [5, 5.41) is 10.7. The number of non-ortho nitro benzene ring substituents is 1. The normalized spacial score (nSPS) is 18.3. The number of morpholine rings is 1. The monoisotopic (exact) mass is 405 g/mol. The lowest BCUT2D eigenvalue weighted by Crippen LogP contribution is -2.50. The molecule has 8 nitrogen and oxygen atoms in total. The molecule has 1 fully saturated rings. The van der Waals surface area contributed by atoms with Gasteiger partial charge in [-0.2, -0.15) is 0 Å². The number of primary amides is 1. The third-order valence-corrected chi connectivity index (χ3v) is 3.96. The van der Waals surface area contributed by atoms with Gasteiger partial charge in [-0.3, -0.25) is 19.7 Å². The van der Waals surface area contributed by atoms with Crippen LogP contribution >= 0.6 is 22.6 Å². The largest absolute Gasteiger partial charge is 0.367 e. The molecule has 0 spiro atoms. The average Bonchev–Trinajstić information content (AvgIpc) is 2.46. The van der Waals surface area contributed by atoms with Crippen molar-refractivity contribution >= 4 is 40.1 Å². The van der Waals surface area contributed by atoms with Gasteiger partial charge in [0.2, 0.25) is 5.91 Å². The Morgan fingerprint density at radius 2 is 2.19 bits per heavy atom. The van der Waals surface area contributed by atoms with Gasteiger partial charge in [-0.25, -0.2) is 0 Å². The summed E-state index contributed by atoms with van der Waals surface area (Å²) >= 11 is 1.87. The fourth-order valence-electron chi connectivity index (χ4n) is 1.97. The standard InChI is InChI=1S/C12H12IN3O5/c13-9-5-7(16(19)20)1-2-8(9)12(18)15-3-4-21-10(6-15)11(14)17/h1-2,5,10H,3-4,6H2,(H2,14,17). The third kappa shape index (κ3) is 3.47. The van der Waals surface area contributed by atoms with Gasteiger partial charge in [-0.1, -0.05) is 0 Å². The predicted octanol–water partition coefficient (Wildman–Crippen LogP) is 0.526. The van der Waals surface area contributed by atoms with Gasteiger partial charge in [0, 0.05) is 22.2 Å². The van der Waals surface area contributed by atoms with Gasteiger partial charge < -0.3 is 15.4 Å². The topological polar surface area (TPSA) is 116 Å². The van der Waals surface area contributed by atoms with Crippen molar-refractivity contribution in [3.8, 4) is 0 Å². The summed E-state index contributed by atoms with van der Waals surface area (Å²) in [6.45, 7) is 0.653. The first-order valence-corrected chi connectivity index (χ1v) is 7.12. The number of hydrogen-bond acceptors (Lipinski definition) is 5. The first kappa shape index (κ1) is 15.6. The molecule has 1 aliphatic heterocycles. The number of carbonyl (C=O) groups excluding carboxylic acids is 2. The second-order valence-electron chi connectivity index (χ2n) is 4.43. The number of rotatable bonds is 3. The minimum absolute atomic E-state index is 0.0760. The first-order chi connectivity index (χ1) is 9.90. The number of ether oxygens (including phenoxy) is 1. The molecule has 1 aliphatic rings. The number of hydrogen-bond donors (Lipinski definition) is 1. The number of nitrogens with zero attached hydrogens (tertiary/aromatic N) is 2. The lowest BCUT2D eigenvalue weighted by molar-refractivity contribution is -0.384. The van der Waals surface area contributed by atoms with Crippen LogP contribution in [-0.4, -0.2) is 47.4 Å². The highest BCUT2D eigenvalue weighted by Crippen LogP contribution is 2.21. The van der Waals surface area contributed by atoms with Crippen molar-refractivity contribution in [1.29, 1.82) is 0 Å². The van der Waals surface area contributed by atoms with Crippen molar-refractivity contribution in [2.45, 2.75) is 6.10 Å². The second kappa shape index (κ2) is 6.35. The molecule has 21 heavy (non-hydrogen) atoms. The molecule has 9 heteroatoms. The van der Waals surface area contributed by atoms with Crippen LogP contribution in [0.4, 0.5) is 5.69 Å². The molecule has 2 rings (SSSR count). The number of nitrogens with two attached hydrogens (primary N) is 1. The Morgan fingerprint density at radius 1 is 1.48 bits per heavy atom. The molecule has 1 heterocycles. The van der Waals surface area contributed by atoms with Crippen molar-refractivity contribution in [2.24, 2.45) is 5.73 Å². The molecular formula is C12H12IN3O5. The molecule has 112 valence electrons. The summed E-state index contributed by atoms with van der Waals surface area (Å²) in [6.07, 6.45) is -0.821. The summed E-state index contributed by atoms with van der Waals surface area (Å²) in [7, 11) is 0. The highest BCUT2D eigenvalue weighted by molar-refractivity contribution is 14.1. The number of benzene rings is 1. The van der Waals surface area contributed by atoms with Crippen molar-refractivity contribution in [2.75, 3.05) is 19.7 Å². The van der Waals surface area contributed by atoms with Crippen LogP contribution in [-0.2, 0) is 9.53 Å². The SMILES string of the molecule is NC(=O)C1CN(C(=O)c2ccc([N+](=O)[O-])cc2I)CCO1. The molecule has 0 bridgehead atoms. The quantitative estimate of drug-likeness (QED) is 0.448. The highest BCUT2D eigenvalue weighted by Gasteiger charge is 2.29. The third-order valence-electron chi connectivity index (χ3n) is 3.06. The molecule has 1 atom stereocenters. The minimum Gasteiger partial charge on any atom is -0.367 e.